The van der Waals surface area contributed by atoms with Crippen LogP contribution in [-0.2, 0) is 6.54 Å². The van der Waals surface area contributed by atoms with E-state index in [0.29, 0.717) is 0 Å². The van der Waals surface area contributed by atoms with Crippen molar-refractivity contribution in [1.29, 1.82) is 0 Å². The van der Waals surface area contributed by atoms with E-state index in [2.05, 4.69) is 39.2 Å². The first-order chi connectivity index (χ1) is 5.74. The van der Waals surface area contributed by atoms with E-state index in [-0.39, 0.29) is 0 Å². The molecule has 2 heterocycles. The summed E-state index contributed by atoms with van der Waals surface area (Å²) >= 11 is 5.31. The number of rotatable bonds is 2. The van der Waals surface area contributed by atoms with E-state index in [4.69, 9.17) is 0 Å². The van der Waals surface area contributed by atoms with Gasteiger partial charge in [-0.3, -0.25) is 4.90 Å². The molecule has 0 bridgehead atoms. The molecule has 1 aliphatic rings. The Morgan fingerprint density at radius 2 is 2.42 bits per heavy atom. The van der Waals surface area contributed by atoms with E-state index in [0.717, 1.165) is 12.5 Å². The van der Waals surface area contributed by atoms with Gasteiger partial charge in [-0.2, -0.15) is 0 Å². The van der Waals surface area contributed by atoms with Crippen LogP contribution in [-0.4, -0.2) is 18.0 Å². The van der Waals surface area contributed by atoms with Crippen LogP contribution in [0.5, 0.6) is 0 Å². The minimum atomic E-state index is 0.911. The normalized spacial score (nSPS) is 19.5. The lowest BCUT2D eigenvalue weighted by Gasteiger charge is -2.36. The summed E-state index contributed by atoms with van der Waals surface area (Å²) in [6.45, 7) is 5.99. The molecular formula is C9H12BrNS. The zero-order chi connectivity index (χ0) is 8.55. The summed E-state index contributed by atoms with van der Waals surface area (Å²) in [7, 11) is 0. The third-order valence-corrected chi connectivity index (χ3v) is 3.82. The van der Waals surface area contributed by atoms with Crippen LogP contribution in [0.1, 0.15) is 11.8 Å². The number of halogens is 1. The quantitative estimate of drug-likeness (QED) is 0.775. The highest BCUT2D eigenvalue weighted by molar-refractivity contribution is 9.10. The van der Waals surface area contributed by atoms with Crippen LogP contribution in [0, 0.1) is 5.92 Å². The summed E-state index contributed by atoms with van der Waals surface area (Å²) in [6, 6.07) is 2.22. The molecule has 0 aliphatic carbocycles. The van der Waals surface area contributed by atoms with Crippen molar-refractivity contribution in [2.75, 3.05) is 13.1 Å². The molecule has 0 radical (unpaired) electrons. The summed E-state index contributed by atoms with van der Waals surface area (Å²) in [6.07, 6.45) is 0. The molecule has 0 aromatic carbocycles. The molecule has 66 valence electrons. The zero-order valence-electron chi connectivity index (χ0n) is 7.09. The highest BCUT2D eigenvalue weighted by atomic mass is 79.9. The van der Waals surface area contributed by atoms with Crippen LogP contribution in [0.25, 0.3) is 0 Å². The average Bonchev–Trinajstić information content (AvgIpc) is 2.33. The van der Waals surface area contributed by atoms with Crippen LogP contribution in [0.4, 0.5) is 0 Å². The molecule has 0 saturated carbocycles. The van der Waals surface area contributed by atoms with E-state index >= 15 is 0 Å². The van der Waals surface area contributed by atoms with E-state index < -0.39 is 0 Å². The maximum atomic E-state index is 3.47. The lowest BCUT2D eigenvalue weighted by atomic mass is 10.0. The van der Waals surface area contributed by atoms with Gasteiger partial charge >= 0.3 is 0 Å². The fourth-order valence-electron chi connectivity index (χ4n) is 1.61. The van der Waals surface area contributed by atoms with Gasteiger partial charge in [0.05, 0.1) is 0 Å². The van der Waals surface area contributed by atoms with Crippen molar-refractivity contribution < 1.29 is 0 Å². The number of hydrogen-bond acceptors (Lipinski definition) is 2. The van der Waals surface area contributed by atoms with Gasteiger partial charge in [-0.1, -0.05) is 6.92 Å². The molecule has 0 amide bonds. The fourth-order valence-corrected chi connectivity index (χ4v) is 3.11. The highest BCUT2D eigenvalue weighted by Gasteiger charge is 2.22. The summed E-state index contributed by atoms with van der Waals surface area (Å²) < 4.78 is 1.22. The van der Waals surface area contributed by atoms with Crippen LogP contribution < -0.4 is 0 Å². The first kappa shape index (κ1) is 8.73. The molecule has 2 rings (SSSR count). The van der Waals surface area contributed by atoms with Gasteiger partial charge in [0.1, 0.15) is 0 Å². The zero-order valence-corrected chi connectivity index (χ0v) is 9.49. The molecule has 0 unspecified atom stereocenters. The highest BCUT2D eigenvalue weighted by Crippen LogP contribution is 2.24. The van der Waals surface area contributed by atoms with E-state index in [1.54, 1.807) is 0 Å². The third kappa shape index (κ3) is 1.90. The Morgan fingerprint density at radius 3 is 2.92 bits per heavy atom. The van der Waals surface area contributed by atoms with Crippen LogP contribution in [0.2, 0.25) is 0 Å². The Kier molecular flexibility index (Phi) is 2.53. The van der Waals surface area contributed by atoms with Crippen molar-refractivity contribution in [2.24, 2.45) is 5.92 Å². The molecular weight excluding hydrogens is 234 g/mol. The second kappa shape index (κ2) is 3.48. The Morgan fingerprint density at radius 1 is 1.67 bits per heavy atom. The number of hydrogen-bond donors (Lipinski definition) is 0. The molecule has 0 atom stereocenters. The average molecular weight is 246 g/mol. The van der Waals surface area contributed by atoms with Gasteiger partial charge < -0.3 is 0 Å². The molecule has 1 fully saturated rings. The Labute approximate surface area is 85.5 Å². The first-order valence-corrected chi connectivity index (χ1v) is 5.86. The van der Waals surface area contributed by atoms with E-state index in [9.17, 15) is 0 Å². The predicted molar refractivity (Wildman–Crippen MR) is 56.5 cm³/mol. The van der Waals surface area contributed by atoms with Gasteiger partial charge in [-0.15, -0.1) is 11.3 Å². The van der Waals surface area contributed by atoms with Gasteiger partial charge in [-0.25, -0.2) is 0 Å². The van der Waals surface area contributed by atoms with Crippen LogP contribution >= 0.6 is 27.3 Å². The summed E-state index contributed by atoms with van der Waals surface area (Å²) in [5.74, 6) is 0.911. The Balaban J connectivity index is 1.88. The largest absolute Gasteiger partial charge is 0.298 e. The van der Waals surface area contributed by atoms with Crippen molar-refractivity contribution in [3.05, 3.63) is 20.8 Å². The first-order valence-electron chi connectivity index (χ1n) is 4.19. The van der Waals surface area contributed by atoms with Crippen LogP contribution in [0.15, 0.2) is 15.9 Å². The predicted octanol–water partition coefficient (Wildman–Crippen LogP) is 2.96. The SMILES string of the molecule is CC1CN(Cc2cc(Br)cs2)C1. The van der Waals surface area contributed by atoms with Crippen molar-refractivity contribution in [1.82, 2.24) is 4.90 Å². The van der Waals surface area contributed by atoms with Crippen molar-refractivity contribution in [3.8, 4) is 0 Å². The molecule has 12 heavy (non-hydrogen) atoms. The number of nitrogens with zero attached hydrogens (tertiary/aromatic N) is 1. The third-order valence-electron chi connectivity index (χ3n) is 2.14. The van der Waals surface area contributed by atoms with E-state index in [1.807, 2.05) is 11.3 Å². The molecule has 0 N–H and O–H groups in total. The van der Waals surface area contributed by atoms with Gasteiger partial charge in [0.25, 0.3) is 0 Å². The molecule has 1 aromatic rings. The maximum absolute atomic E-state index is 3.47. The second-order valence-corrected chi connectivity index (χ2v) is 5.44. The van der Waals surface area contributed by atoms with Gasteiger partial charge in [-0.05, 0) is 27.9 Å². The van der Waals surface area contributed by atoms with Gasteiger partial charge in [0, 0.05) is 34.4 Å². The molecule has 1 aliphatic heterocycles. The van der Waals surface area contributed by atoms with Crippen molar-refractivity contribution >= 4 is 27.3 Å². The number of thiophene rings is 1. The fraction of sp³-hybridized carbons (Fsp3) is 0.556. The minimum absolute atomic E-state index is 0.911. The molecule has 1 nitrogen and oxygen atoms in total. The molecule has 0 spiro atoms. The minimum Gasteiger partial charge on any atom is -0.298 e. The Hall–Kier alpha value is 0.140. The standard InChI is InChI=1S/C9H12BrNS/c1-7-3-11(4-7)5-9-2-8(10)6-12-9/h2,6-7H,3-5H2,1H3. The van der Waals surface area contributed by atoms with Crippen molar-refractivity contribution in [2.45, 2.75) is 13.5 Å². The smallest absolute Gasteiger partial charge is 0.0328 e. The summed E-state index contributed by atoms with van der Waals surface area (Å²) in [5.41, 5.74) is 0. The summed E-state index contributed by atoms with van der Waals surface area (Å²) in [5, 5.41) is 2.15. The maximum Gasteiger partial charge on any atom is 0.0328 e. The Bertz CT molecular complexity index is 265. The monoisotopic (exact) mass is 245 g/mol. The molecule has 1 aromatic heterocycles. The van der Waals surface area contributed by atoms with Gasteiger partial charge in [0.2, 0.25) is 0 Å². The lowest BCUT2D eigenvalue weighted by Crippen LogP contribution is -2.44. The number of likely N-dealkylation sites (tertiary alicyclic amines) is 1. The van der Waals surface area contributed by atoms with Gasteiger partial charge in [0.15, 0.2) is 0 Å². The van der Waals surface area contributed by atoms with E-state index in [1.165, 1.54) is 22.4 Å². The van der Waals surface area contributed by atoms with Crippen molar-refractivity contribution in [3.63, 3.8) is 0 Å². The second-order valence-electron chi connectivity index (χ2n) is 3.53. The molecule has 3 heteroatoms. The topological polar surface area (TPSA) is 3.24 Å². The van der Waals surface area contributed by atoms with Crippen LogP contribution in [0.3, 0.4) is 0 Å². The summed E-state index contributed by atoms with van der Waals surface area (Å²) in [4.78, 5) is 3.96. The lowest BCUT2D eigenvalue weighted by molar-refractivity contribution is 0.106. The molecule has 1 saturated heterocycles.